The number of hydrogen-bond acceptors (Lipinski definition) is 6. The molecule has 0 saturated heterocycles. The zero-order valence-corrected chi connectivity index (χ0v) is 15.3. The Labute approximate surface area is 153 Å². The summed E-state index contributed by atoms with van der Waals surface area (Å²) in [4.78, 5) is 22.9. The molecule has 0 aliphatic heterocycles. The number of aromatic nitrogens is 2. The van der Waals surface area contributed by atoms with Gasteiger partial charge in [0, 0.05) is 21.9 Å². The zero-order chi connectivity index (χ0) is 17.8. The summed E-state index contributed by atoms with van der Waals surface area (Å²) >= 11 is 1.63. The molecule has 3 heterocycles. The van der Waals surface area contributed by atoms with Gasteiger partial charge in [-0.3, -0.25) is 0 Å². The third-order valence-corrected chi connectivity index (χ3v) is 6.21. The summed E-state index contributed by atoms with van der Waals surface area (Å²) in [6.07, 6.45) is 4.26. The van der Waals surface area contributed by atoms with E-state index in [1.54, 1.807) is 17.4 Å². The van der Waals surface area contributed by atoms with Gasteiger partial charge in [0.05, 0.1) is 5.39 Å². The van der Waals surface area contributed by atoms with Crippen LogP contribution in [-0.2, 0) is 12.8 Å². The van der Waals surface area contributed by atoms with Crippen LogP contribution in [0.15, 0.2) is 33.7 Å². The quantitative estimate of drug-likeness (QED) is 0.483. The maximum atomic E-state index is 12.2. The third kappa shape index (κ3) is 2.25. The maximum absolute atomic E-state index is 12.2. The van der Waals surface area contributed by atoms with Crippen LogP contribution in [0, 0.1) is 13.8 Å². The van der Waals surface area contributed by atoms with Crippen molar-refractivity contribution in [1.29, 1.82) is 0 Å². The van der Waals surface area contributed by atoms with E-state index >= 15 is 0 Å². The normalized spacial score (nSPS) is 13.5. The van der Waals surface area contributed by atoms with Gasteiger partial charge in [0.15, 0.2) is 0 Å². The van der Waals surface area contributed by atoms with Crippen LogP contribution in [0.5, 0.6) is 11.6 Å². The van der Waals surface area contributed by atoms with Crippen molar-refractivity contribution in [2.45, 2.75) is 33.1 Å². The topological polar surface area (TPSA) is 65.2 Å². The molecule has 0 saturated carbocycles. The molecule has 0 radical (unpaired) electrons. The monoisotopic (exact) mass is 364 g/mol. The Balaban J connectivity index is 1.63. The van der Waals surface area contributed by atoms with Gasteiger partial charge in [-0.25, -0.2) is 14.8 Å². The van der Waals surface area contributed by atoms with Gasteiger partial charge < -0.3 is 9.15 Å². The summed E-state index contributed by atoms with van der Waals surface area (Å²) in [6.45, 7) is 4.11. The standard InChI is InChI=1S/C20H16N2O3S/c1-10-11(2)26-19-17(10)18(21-9-22-19)24-12-6-7-14-13-4-3-5-15(13)20(23)25-16(14)8-12/h6-9H,3-5H2,1-2H3. The van der Waals surface area contributed by atoms with Crippen LogP contribution in [0.2, 0.25) is 0 Å². The van der Waals surface area contributed by atoms with Crippen molar-refractivity contribution < 1.29 is 9.15 Å². The van der Waals surface area contributed by atoms with Gasteiger partial charge >= 0.3 is 5.63 Å². The van der Waals surface area contributed by atoms with E-state index in [2.05, 4.69) is 16.9 Å². The average Bonchev–Trinajstić information content (AvgIpc) is 3.22. The van der Waals surface area contributed by atoms with Crippen molar-refractivity contribution >= 4 is 32.5 Å². The first-order valence-corrected chi connectivity index (χ1v) is 9.40. The van der Waals surface area contributed by atoms with Crippen LogP contribution >= 0.6 is 11.3 Å². The van der Waals surface area contributed by atoms with E-state index in [0.29, 0.717) is 17.2 Å². The lowest BCUT2D eigenvalue weighted by Gasteiger charge is -2.08. The van der Waals surface area contributed by atoms with Gasteiger partial charge in [-0.1, -0.05) is 0 Å². The second-order valence-corrected chi connectivity index (χ2v) is 7.81. The number of benzene rings is 1. The minimum absolute atomic E-state index is 0.226. The summed E-state index contributed by atoms with van der Waals surface area (Å²) in [5.41, 5.74) is 3.42. The fraction of sp³-hybridized carbons (Fsp3) is 0.250. The number of fused-ring (bicyclic) bond motifs is 4. The number of ether oxygens (including phenoxy) is 1. The van der Waals surface area contributed by atoms with Crippen molar-refractivity contribution in [3.63, 3.8) is 0 Å². The number of aryl methyl sites for hydroxylation is 3. The predicted octanol–water partition coefficient (Wildman–Crippen LogP) is 4.70. The van der Waals surface area contributed by atoms with E-state index < -0.39 is 0 Å². The lowest BCUT2D eigenvalue weighted by molar-refractivity contribution is 0.466. The molecule has 0 unspecified atom stereocenters. The largest absolute Gasteiger partial charge is 0.438 e. The molecule has 0 spiro atoms. The first kappa shape index (κ1) is 15.5. The zero-order valence-electron chi connectivity index (χ0n) is 14.5. The molecular weight excluding hydrogens is 348 g/mol. The van der Waals surface area contributed by atoms with Crippen molar-refractivity contribution in [2.75, 3.05) is 0 Å². The minimum atomic E-state index is -0.226. The van der Waals surface area contributed by atoms with Gasteiger partial charge in [0.2, 0.25) is 5.88 Å². The van der Waals surface area contributed by atoms with Crippen LogP contribution in [0.1, 0.15) is 28.0 Å². The molecule has 1 aromatic carbocycles. The molecule has 0 atom stereocenters. The Bertz CT molecular complexity index is 1240. The second kappa shape index (κ2) is 5.64. The maximum Gasteiger partial charge on any atom is 0.339 e. The Kier molecular flexibility index (Phi) is 3.37. The third-order valence-electron chi connectivity index (χ3n) is 5.09. The number of thiophene rings is 1. The van der Waals surface area contributed by atoms with E-state index in [1.165, 1.54) is 11.2 Å². The molecule has 6 heteroatoms. The highest BCUT2D eigenvalue weighted by atomic mass is 32.1. The summed E-state index contributed by atoms with van der Waals surface area (Å²) < 4.78 is 11.6. The fourth-order valence-electron chi connectivity index (χ4n) is 3.67. The molecule has 130 valence electrons. The van der Waals surface area contributed by atoms with Gasteiger partial charge in [0.25, 0.3) is 0 Å². The van der Waals surface area contributed by atoms with E-state index in [4.69, 9.17) is 9.15 Å². The molecule has 26 heavy (non-hydrogen) atoms. The van der Waals surface area contributed by atoms with Gasteiger partial charge in [-0.05, 0) is 56.4 Å². The lowest BCUT2D eigenvalue weighted by atomic mass is 10.1. The molecule has 0 N–H and O–H groups in total. The molecule has 3 aromatic heterocycles. The Morgan fingerprint density at radius 2 is 2.00 bits per heavy atom. The summed E-state index contributed by atoms with van der Waals surface area (Å²) in [7, 11) is 0. The predicted molar refractivity (Wildman–Crippen MR) is 101 cm³/mol. The number of nitrogens with zero attached hydrogens (tertiary/aromatic N) is 2. The van der Waals surface area contributed by atoms with E-state index in [9.17, 15) is 4.79 Å². The Morgan fingerprint density at radius 1 is 1.15 bits per heavy atom. The van der Waals surface area contributed by atoms with Crippen molar-refractivity contribution in [2.24, 2.45) is 0 Å². The van der Waals surface area contributed by atoms with Crippen LogP contribution in [0.3, 0.4) is 0 Å². The molecule has 0 fully saturated rings. The molecule has 0 bridgehead atoms. The number of rotatable bonds is 2. The summed E-state index contributed by atoms with van der Waals surface area (Å²) in [6, 6.07) is 5.66. The average molecular weight is 364 g/mol. The number of hydrogen-bond donors (Lipinski definition) is 0. The molecule has 0 amide bonds. The summed E-state index contributed by atoms with van der Waals surface area (Å²) in [5, 5.41) is 1.94. The van der Waals surface area contributed by atoms with Crippen LogP contribution in [0.4, 0.5) is 0 Å². The van der Waals surface area contributed by atoms with Gasteiger partial charge in [-0.2, -0.15) is 0 Å². The van der Waals surface area contributed by atoms with E-state index in [1.807, 2.05) is 19.1 Å². The molecule has 1 aliphatic carbocycles. The Hall–Kier alpha value is -2.73. The second-order valence-electron chi connectivity index (χ2n) is 6.60. The fourth-order valence-corrected chi connectivity index (χ4v) is 4.65. The van der Waals surface area contributed by atoms with Gasteiger partial charge in [0.1, 0.15) is 22.5 Å². The highest BCUT2D eigenvalue weighted by Gasteiger charge is 2.20. The van der Waals surface area contributed by atoms with Crippen LogP contribution in [0.25, 0.3) is 21.2 Å². The lowest BCUT2D eigenvalue weighted by Crippen LogP contribution is -2.06. The molecule has 4 aromatic rings. The van der Waals surface area contributed by atoms with Crippen molar-refractivity contribution in [3.8, 4) is 11.6 Å². The van der Waals surface area contributed by atoms with E-state index in [0.717, 1.165) is 51.6 Å². The van der Waals surface area contributed by atoms with Crippen molar-refractivity contribution in [3.05, 3.63) is 56.5 Å². The minimum Gasteiger partial charge on any atom is -0.438 e. The van der Waals surface area contributed by atoms with Crippen LogP contribution < -0.4 is 10.4 Å². The first-order valence-electron chi connectivity index (χ1n) is 8.59. The molecule has 5 rings (SSSR count). The molecular formula is C20H16N2O3S. The van der Waals surface area contributed by atoms with E-state index in [-0.39, 0.29) is 5.63 Å². The Morgan fingerprint density at radius 3 is 2.88 bits per heavy atom. The van der Waals surface area contributed by atoms with Crippen molar-refractivity contribution in [1.82, 2.24) is 9.97 Å². The highest BCUT2D eigenvalue weighted by Crippen LogP contribution is 2.36. The van der Waals surface area contributed by atoms with Crippen LogP contribution in [-0.4, -0.2) is 9.97 Å². The van der Waals surface area contributed by atoms with Gasteiger partial charge in [-0.15, -0.1) is 11.3 Å². The molecule has 1 aliphatic rings. The molecule has 5 nitrogen and oxygen atoms in total. The SMILES string of the molecule is Cc1sc2ncnc(Oc3ccc4c5c(c(=O)oc4c3)CCC5)c2c1C. The first-order chi connectivity index (χ1) is 12.6. The smallest absolute Gasteiger partial charge is 0.339 e. The highest BCUT2D eigenvalue weighted by molar-refractivity contribution is 7.18. The summed E-state index contributed by atoms with van der Waals surface area (Å²) in [5.74, 6) is 1.13.